The van der Waals surface area contributed by atoms with Crippen molar-refractivity contribution in [3.8, 4) is 11.1 Å². The molecule has 212 valence electrons. The normalized spacial score (nSPS) is 16.5. The van der Waals surface area contributed by atoms with E-state index in [2.05, 4.69) is 85.1 Å². The van der Waals surface area contributed by atoms with E-state index in [9.17, 15) is 0 Å². The second-order valence-corrected chi connectivity index (χ2v) is 10.9. The monoisotopic (exact) mass is 550 g/mol. The fraction of sp³-hybridized carbons (Fsp3) is 0.355. The quantitative estimate of drug-likeness (QED) is 0.270. The van der Waals surface area contributed by atoms with E-state index >= 15 is 0 Å². The minimum absolute atomic E-state index is 0.562. The number of anilines is 3. The van der Waals surface area contributed by atoms with Crippen LogP contribution in [0, 0.1) is 0 Å². The lowest BCUT2D eigenvalue weighted by molar-refractivity contribution is 0.312. The summed E-state index contributed by atoms with van der Waals surface area (Å²) in [6.45, 7) is 7.19. The van der Waals surface area contributed by atoms with Gasteiger partial charge in [0, 0.05) is 79.2 Å². The highest BCUT2D eigenvalue weighted by molar-refractivity contribution is 5.94. The van der Waals surface area contributed by atoms with Crippen LogP contribution in [0.3, 0.4) is 0 Å². The summed E-state index contributed by atoms with van der Waals surface area (Å²) < 4.78 is 2.01. The van der Waals surface area contributed by atoms with Crippen molar-refractivity contribution >= 4 is 34.0 Å². The van der Waals surface area contributed by atoms with E-state index < -0.39 is 0 Å². The summed E-state index contributed by atoms with van der Waals surface area (Å²) in [7, 11) is 2.16. The number of nitrogens with zero attached hydrogens (tertiary/aromatic N) is 7. The second kappa shape index (κ2) is 12.0. The first kappa shape index (κ1) is 26.8. The van der Waals surface area contributed by atoms with Gasteiger partial charge in [0.2, 0.25) is 5.95 Å². The van der Waals surface area contributed by atoms with Crippen molar-refractivity contribution in [1.29, 1.82) is 0 Å². The van der Waals surface area contributed by atoms with Crippen molar-refractivity contribution in [1.82, 2.24) is 34.4 Å². The molecule has 0 amide bonds. The number of H-pyrrole nitrogens is 1. The van der Waals surface area contributed by atoms with Crippen LogP contribution in [0.5, 0.6) is 0 Å². The van der Waals surface area contributed by atoms with Crippen LogP contribution in [0.25, 0.3) is 27.7 Å². The number of piperazine rings is 1. The summed E-state index contributed by atoms with van der Waals surface area (Å²) in [5.41, 5.74) is 11.2. The Morgan fingerprint density at radius 2 is 1.85 bits per heavy atom. The topological polar surface area (TPSA) is 116 Å². The summed E-state index contributed by atoms with van der Waals surface area (Å²) >= 11 is 0. The van der Waals surface area contributed by atoms with Gasteiger partial charge in [-0.1, -0.05) is 25.8 Å². The zero-order valence-corrected chi connectivity index (χ0v) is 23.6. The second-order valence-electron chi connectivity index (χ2n) is 10.9. The Labute approximate surface area is 240 Å². The minimum Gasteiger partial charge on any atom is -0.405 e. The number of aromatic nitrogens is 6. The number of hydrogen-bond acceptors (Lipinski definition) is 8. The highest BCUT2D eigenvalue weighted by Crippen LogP contribution is 2.36. The lowest BCUT2D eigenvalue weighted by Crippen LogP contribution is -2.44. The third-order valence-corrected chi connectivity index (χ3v) is 8.17. The number of rotatable bonds is 5. The van der Waals surface area contributed by atoms with E-state index in [0.717, 1.165) is 59.8 Å². The van der Waals surface area contributed by atoms with Crippen molar-refractivity contribution in [2.75, 3.05) is 43.4 Å². The number of aromatic amines is 1. The molecule has 1 aliphatic heterocycles. The highest BCUT2D eigenvalue weighted by atomic mass is 15.3. The molecule has 1 saturated heterocycles. The van der Waals surface area contributed by atoms with Crippen molar-refractivity contribution in [3.05, 3.63) is 73.6 Å². The van der Waals surface area contributed by atoms with Crippen molar-refractivity contribution in [3.63, 3.8) is 0 Å². The molecule has 0 radical (unpaired) electrons. The van der Waals surface area contributed by atoms with Crippen LogP contribution in [0.4, 0.5) is 17.5 Å². The van der Waals surface area contributed by atoms with Crippen LogP contribution in [0.15, 0.2) is 68.0 Å². The maximum atomic E-state index is 4.78. The fourth-order valence-corrected chi connectivity index (χ4v) is 5.94. The van der Waals surface area contributed by atoms with Gasteiger partial charge in [-0.15, -0.1) is 0 Å². The SMILES string of the molecule is C=CN.CN1CCN(c2cc(Nc3ncc4c(-c5ccn6ncc(C7CCCCC7)c6c5)c[nH]c4n3)ccn2)CC1. The molecule has 0 aromatic carbocycles. The molecule has 1 aliphatic carbocycles. The van der Waals surface area contributed by atoms with Gasteiger partial charge in [-0.3, -0.25) is 0 Å². The van der Waals surface area contributed by atoms with Crippen LogP contribution < -0.4 is 16.0 Å². The molecule has 4 N–H and O–H groups in total. The molecule has 10 heteroatoms. The molecule has 2 aliphatic rings. The maximum absolute atomic E-state index is 4.78. The smallest absolute Gasteiger partial charge is 0.229 e. The lowest BCUT2D eigenvalue weighted by Gasteiger charge is -2.33. The fourth-order valence-electron chi connectivity index (χ4n) is 5.94. The number of nitrogens with one attached hydrogen (secondary N) is 2. The van der Waals surface area contributed by atoms with E-state index in [0.29, 0.717) is 11.9 Å². The third kappa shape index (κ3) is 5.74. The standard InChI is InChI=1S/C29H33N9.C2H5N/c1-36-11-13-37(14-12-36)27-16-22(7-9-30-27)34-29-32-18-25-23(17-31-28(25)35-29)21-8-10-38-26(15-21)24(19-33-38)20-5-3-2-4-6-20;1-2-3/h7-10,15-20H,2-6,11-14H2,1H3,(H2,30,31,32,34,35);2H,1,3H2. The maximum Gasteiger partial charge on any atom is 0.229 e. The number of fused-ring (bicyclic) bond motifs is 2. The van der Waals surface area contributed by atoms with E-state index in [1.807, 2.05) is 29.2 Å². The van der Waals surface area contributed by atoms with Crippen LogP contribution in [0.2, 0.25) is 0 Å². The van der Waals surface area contributed by atoms with Crippen molar-refractivity contribution in [2.45, 2.75) is 38.0 Å². The van der Waals surface area contributed by atoms with Gasteiger partial charge in [0.05, 0.1) is 11.7 Å². The first-order valence-corrected chi connectivity index (χ1v) is 14.4. The number of likely N-dealkylation sites (N-methyl/N-ethyl adjacent to an activating group) is 1. The number of nitrogens with two attached hydrogens (primary N) is 1. The number of pyridine rings is 2. The predicted molar refractivity (Wildman–Crippen MR) is 166 cm³/mol. The highest BCUT2D eigenvalue weighted by Gasteiger charge is 2.20. The average Bonchev–Trinajstić information content (AvgIpc) is 3.62. The molecule has 10 nitrogen and oxygen atoms in total. The molecular formula is C31H38N10. The van der Waals surface area contributed by atoms with Gasteiger partial charge < -0.3 is 25.8 Å². The van der Waals surface area contributed by atoms with Crippen LogP contribution in [-0.4, -0.2) is 67.7 Å². The summed E-state index contributed by atoms with van der Waals surface area (Å²) in [5, 5.41) is 9.01. The molecule has 0 spiro atoms. The van der Waals surface area contributed by atoms with Gasteiger partial charge in [-0.05, 0) is 55.8 Å². The molecule has 0 bridgehead atoms. The van der Waals surface area contributed by atoms with Crippen LogP contribution in [0.1, 0.15) is 43.6 Å². The molecule has 0 atom stereocenters. The van der Waals surface area contributed by atoms with Crippen LogP contribution in [-0.2, 0) is 0 Å². The average molecular weight is 551 g/mol. The van der Waals surface area contributed by atoms with Crippen molar-refractivity contribution in [2.24, 2.45) is 5.73 Å². The Morgan fingerprint density at radius 3 is 2.66 bits per heavy atom. The molecule has 5 aromatic rings. The summed E-state index contributed by atoms with van der Waals surface area (Å²) in [6, 6.07) is 8.42. The molecule has 6 heterocycles. The van der Waals surface area contributed by atoms with Gasteiger partial charge in [0.1, 0.15) is 11.5 Å². The van der Waals surface area contributed by atoms with E-state index in [1.54, 1.807) is 0 Å². The van der Waals surface area contributed by atoms with Crippen molar-refractivity contribution < 1.29 is 0 Å². The Hall–Kier alpha value is -4.44. The first-order chi connectivity index (χ1) is 20.1. The third-order valence-electron chi connectivity index (χ3n) is 8.17. The minimum atomic E-state index is 0.562. The zero-order valence-electron chi connectivity index (χ0n) is 23.6. The lowest BCUT2D eigenvalue weighted by atomic mass is 9.84. The van der Waals surface area contributed by atoms with Crippen LogP contribution >= 0.6 is 0 Å². The molecule has 2 fully saturated rings. The molecule has 0 unspecified atom stereocenters. The molecule has 7 rings (SSSR count). The van der Waals surface area contributed by atoms with Gasteiger partial charge in [-0.25, -0.2) is 14.5 Å². The van der Waals surface area contributed by atoms with E-state index in [-0.39, 0.29) is 0 Å². The Bertz CT molecular complexity index is 1620. The zero-order chi connectivity index (χ0) is 28.2. The summed E-state index contributed by atoms with van der Waals surface area (Å²) in [5.74, 6) is 2.16. The largest absolute Gasteiger partial charge is 0.405 e. The molecule has 5 aromatic heterocycles. The van der Waals surface area contributed by atoms with Gasteiger partial charge in [-0.2, -0.15) is 10.1 Å². The van der Waals surface area contributed by atoms with Gasteiger partial charge in [0.25, 0.3) is 0 Å². The van der Waals surface area contributed by atoms with E-state index in [4.69, 9.17) is 4.98 Å². The summed E-state index contributed by atoms with van der Waals surface area (Å²) in [4.78, 5) is 22.0. The summed E-state index contributed by atoms with van der Waals surface area (Å²) in [6.07, 6.45) is 17.7. The Kier molecular flexibility index (Phi) is 7.82. The Balaban J connectivity index is 0.000000967. The van der Waals surface area contributed by atoms with Gasteiger partial charge >= 0.3 is 0 Å². The Morgan fingerprint density at radius 1 is 1.05 bits per heavy atom. The first-order valence-electron chi connectivity index (χ1n) is 14.4. The van der Waals surface area contributed by atoms with Gasteiger partial charge in [0.15, 0.2) is 0 Å². The number of hydrogen-bond donors (Lipinski definition) is 3. The van der Waals surface area contributed by atoms with E-state index in [1.165, 1.54) is 49.4 Å². The molecular weight excluding hydrogens is 512 g/mol. The molecule has 41 heavy (non-hydrogen) atoms. The molecule has 1 saturated carbocycles. The predicted octanol–water partition coefficient (Wildman–Crippen LogP) is 5.30.